The molecule has 2 bridgehead atoms. The minimum atomic E-state index is -3.49. The summed E-state index contributed by atoms with van der Waals surface area (Å²) in [6, 6.07) is 10.7. The van der Waals surface area contributed by atoms with Crippen molar-refractivity contribution in [2.24, 2.45) is 5.92 Å². The van der Waals surface area contributed by atoms with Gasteiger partial charge in [-0.05, 0) is 55.0 Å². The zero-order valence-electron chi connectivity index (χ0n) is 15.9. The Morgan fingerprint density at radius 3 is 2.61 bits per heavy atom. The highest BCUT2D eigenvalue weighted by Gasteiger charge is 2.49. The van der Waals surface area contributed by atoms with Gasteiger partial charge in [-0.2, -0.15) is 4.31 Å². The maximum Gasteiger partial charge on any atom is 0.253 e. The summed E-state index contributed by atoms with van der Waals surface area (Å²) in [5, 5.41) is 3.06. The summed E-state index contributed by atoms with van der Waals surface area (Å²) in [5.74, 6) is 0.00586. The Morgan fingerprint density at radius 2 is 2.00 bits per heavy atom. The van der Waals surface area contributed by atoms with Crippen molar-refractivity contribution < 1.29 is 13.2 Å². The lowest BCUT2D eigenvalue weighted by molar-refractivity contribution is 0.0919. The van der Waals surface area contributed by atoms with E-state index in [0.717, 1.165) is 24.8 Å². The number of rotatable bonds is 6. The number of benzene rings is 1. The number of amides is 1. The third kappa shape index (κ3) is 3.56. The van der Waals surface area contributed by atoms with Gasteiger partial charge in [0.15, 0.2) is 0 Å². The highest BCUT2D eigenvalue weighted by atomic mass is 32.2. The quantitative estimate of drug-likeness (QED) is 0.810. The van der Waals surface area contributed by atoms with Crippen LogP contribution in [0.1, 0.15) is 42.1 Å². The molecule has 2 aromatic rings. The lowest BCUT2D eigenvalue weighted by atomic mass is 10.0. The van der Waals surface area contributed by atoms with Gasteiger partial charge in [-0.15, -0.1) is 0 Å². The lowest BCUT2D eigenvalue weighted by Crippen LogP contribution is -2.47. The molecule has 2 fully saturated rings. The predicted molar refractivity (Wildman–Crippen MR) is 106 cm³/mol. The molecule has 28 heavy (non-hydrogen) atoms. The number of nitrogens with one attached hydrogen (secondary N) is 1. The molecule has 1 saturated carbocycles. The van der Waals surface area contributed by atoms with E-state index in [4.69, 9.17) is 0 Å². The summed E-state index contributed by atoms with van der Waals surface area (Å²) in [7, 11) is -3.49. The molecule has 2 aliphatic rings. The number of hydrogen-bond donors (Lipinski definition) is 1. The molecule has 7 heteroatoms. The minimum Gasteiger partial charge on any atom is -0.349 e. The molecule has 0 unspecified atom stereocenters. The van der Waals surface area contributed by atoms with E-state index in [0.29, 0.717) is 23.4 Å². The number of pyridine rings is 1. The van der Waals surface area contributed by atoms with Crippen molar-refractivity contribution in [3.05, 3.63) is 59.9 Å². The molecule has 3 atom stereocenters. The highest BCUT2D eigenvalue weighted by molar-refractivity contribution is 7.89. The first kappa shape index (κ1) is 19.1. The largest absolute Gasteiger partial charge is 0.349 e. The van der Waals surface area contributed by atoms with Gasteiger partial charge in [-0.1, -0.05) is 25.5 Å². The molecule has 1 aliphatic carbocycles. The molecule has 1 aliphatic heterocycles. The third-order valence-electron chi connectivity index (χ3n) is 5.80. The van der Waals surface area contributed by atoms with Crippen LogP contribution in [0.3, 0.4) is 0 Å². The van der Waals surface area contributed by atoms with Crippen molar-refractivity contribution in [1.29, 1.82) is 0 Å². The first-order valence-corrected chi connectivity index (χ1v) is 11.2. The average molecular weight is 400 g/mol. The summed E-state index contributed by atoms with van der Waals surface area (Å²) in [4.78, 5) is 16.7. The molecular formula is C21H25N3O3S. The van der Waals surface area contributed by atoms with E-state index in [1.54, 1.807) is 41.0 Å². The van der Waals surface area contributed by atoms with Gasteiger partial charge in [0, 0.05) is 31.0 Å². The van der Waals surface area contributed by atoms with Crippen LogP contribution in [0.5, 0.6) is 0 Å². The second-order valence-electron chi connectivity index (χ2n) is 7.68. The molecule has 0 radical (unpaired) electrons. The van der Waals surface area contributed by atoms with Gasteiger partial charge in [-0.25, -0.2) is 8.42 Å². The van der Waals surface area contributed by atoms with Gasteiger partial charge < -0.3 is 5.32 Å². The fourth-order valence-electron chi connectivity index (χ4n) is 4.38. The number of nitrogens with zero attached hydrogens (tertiary/aromatic N) is 2. The maximum atomic E-state index is 13.1. The summed E-state index contributed by atoms with van der Waals surface area (Å²) < 4.78 is 27.8. The maximum absolute atomic E-state index is 13.1. The van der Waals surface area contributed by atoms with Gasteiger partial charge >= 0.3 is 0 Å². The van der Waals surface area contributed by atoms with Crippen LogP contribution in [0.4, 0.5) is 0 Å². The van der Waals surface area contributed by atoms with E-state index < -0.39 is 10.0 Å². The Labute approximate surface area is 166 Å². The molecule has 1 N–H and O–H groups in total. The second kappa shape index (κ2) is 7.64. The monoisotopic (exact) mass is 399 g/mol. The van der Waals surface area contributed by atoms with Crippen molar-refractivity contribution in [2.45, 2.75) is 49.6 Å². The van der Waals surface area contributed by atoms with E-state index in [1.165, 1.54) is 0 Å². The molecule has 6 nitrogen and oxygen atoms in total. The standard InChI is InChI=1S/C21H25N3O3S/c1-2-4-15-6-8-19(9-7-15)28(26,27)24-14-17-11-18(24)12-20(17)23-21(25)16-5-3-10-22-13-16/h3,5-10,13,17-18,20H,2,4,11-12,14H2,1H3,(H,23,25)/t17-,18-,20-/m0/s1. The van der Waals surface area contributed by atoms with Crippen LogP contribution in [-0.2, 0) is 16.4 Å². The van der Waals surface area contributed by atoms with Gasteiger partial charge in [-0.3, -0.25) is 9.78 Å². The van der Waals surface area contributed by atoms with Crippen LogP contribution in [0, 0.1) is 5.92 Å². The van der Waals surface area contributed by atoms with E-state index in [-0.39, 0.29) is 23.9 Å². The fourth-order valence-corrected chi connectivity index (χ4v) is 6.09. The molecular weight excluding hydrogens is 374 g/mol. The predicted octanol–water partition coefficient (Wildman–Crippen LogP) is 2.62. The first-order valence-electron chi connectivity index (χ1n) is 9.80. The van der Waals surface area contributed by atoms with Crippen molar-refractivity contribution >= 4 is 15.9 Å². The van der Waals surface area contributed by atoms with Gasteiger partial charge in [0.1, 0.15) is 0 Å². The zero-order chi connectivity index (χ0) is 19.7. The van der Waals surface area contributed by atoms with Crippen molar-refractivity contribution in [2.75, 3.05) is 6.54 Å². The van der Waals surface area contributed by atoms with E-state index in [2.05, 4.69) is 17.2 Å². The second-order valence-corrected chi connectivity index (χ2v) is 9.57. The Hall–Kier alpha value is -2.25. The van der Waals surface area contributed by atoms with Crippen LogP contribution < -0.4 is 5.32 Å². The highest BCUT2D eigenvalue weighted by Crippen LogP contribution is 2.41. The topological polar surface area (TPSA) is 79.4 Å². The van der Waals surface area contributed by atoms with Crippen molar-refractivity contribution in [3.8, 4) is 0 Å². The average Bonchev–Trinajstić information content (AvgIpc) is 3.30. The van der Waals surface area contributed by atoms with Crippen LogP contribution in [-0.4, -0.2) is 42.2 Å². The molecule has 4 rings (SSSR count). The number of carbonyl (C=O) groups is 1. The molecule has 1 aromatic heterocycles. The molecule has 1 aromatic carbocycles. The molecule has 0 spiro atoms. The van der Waals surface area contributed by atoms with Crippen molar-refractivity contribution in [1.82, 2.24) is 14.6 Å². The number of fused-ring (bicyclic) bond motifs is 2. The van der Waals surface area contributed by atoms with E-state index in [9.17, 15) is 13.2 Å². The molecule has 1 saturated heterocycles. The summed E-state index contributed by atoms with van der Waals surface area (Å²) in [6.07, 6.45) is 6.61. The fraction of sp³-hybridized carbons (Fsp3) is 0.429. The summed E-state index contributed by atoms with van der Waals surface area (Å²) >= 11 is 0. The third-order valence-corrected chi connectivity index (χ3v) is 7.73. The Kier molecular flexibility index (Phi) is 5.21. The number of sulfonamides is 1. The van der Waals surface area contributed by atoms with Crippen LogP contribution in [0.2, 0.25) is 0 Å². The molecule has 2 heterocycles. The molecule has 148 valence electrons. The van der Waals surface area contributed by atoms with Gasteiger partial charge in [0.2, 0.25) is 10.0 Å². The normalized spacial score (nSPS) is 24.4. The first-order chi connectivity index (χ1) is 13.5. The number of carbonyl (C=O) groups excluding carboxylic acids is 1. The lowest BCUT2D eigenvalue weighted by Gasteiger charge is -2.31. The Morgan fingerprint density at radius 1 is 1.21 bits per heavy atom. The van der Waals surface area contributed by atoms with Crippen LogP contribution in [0.15, 0.2) is 53.7 Å². The summed E-state index contributed by atoms with van der Waals surface area (Å²) in [6.45, 7) is 2.57. The van der Waals surface area contributed by atoms with Crippen molar-refractivity contribution in [3.63, 3.8) is 0 Å². The Bertz CT molecular complexity index is 945. The SMILES string of the molecule is CCCc1ccc(S(=O)(=O)N2C[C@@H]3C[C@H]2C[C@@H]3NC(=O)c2cccnc2)cc1. The zero-order valence-corrected chi connectivity index (χ0v) is 16.7. The number of hydrogen-bond acceptors (Lipinski definition) is 4. The van der Waals surface area contributed by atoms with E-state index >= 15 is 0 Å². The minimum absolute atomic E-state index is 0.0103. The Balaban J connectivity index is 1.42. The number of aromatic nitrogens is 1. The number of aryl methyl sites for hydroxylation is 1. The van der Waals surface area contributed by atoms with Crippen LogP contribution in [0.25, 0.3) is 0 Å². The van der Waals surface area contributed by atoms with E-state index in [1.807, 2.05) is 12.1 Å². The van der Waals surface area contributed by atoms with Gasteiger partial charge in [0.25, 0.3) is 5.91 Å². The summed E-state index contributed by atoms with van der Waals surface area (Å²) in [5.41, 5.74) is 1.68. The van der Waals surface area contributed by atoms with Crippen LogP contribution >= 0.6 is 0 Å². The van der Waals surface area contributed by atoms with Gasteiger partial charge in [0.05, 0.1) is 10.5 Å². The smallest absolute Gasteiger partial charge is 0.253 e. The number of piperidine rings is 1. The molecule has 1 amide bonds.